The van der Waals surface area contributed by atoms with E-state index in [1.54, 1.807) is 64.8 Å². The molecular weight excluding hydrogens is 452 g/mol. The summed E-state index contributed by atoms with van der Waals surface area (Å²) in [4.78, 5) is 23.9. The van der Waals surface area contributed by atoms with Crippen molar-refractivity contribution in [2.45, 2.75) is 32.1 Å². The van der Waals surface area contributed by atoms with Gasteiger partial charge in [0.2, 0.25) is 11.8 Å². The third-order valence-electron chi connectivity index (χ3n) is 4.97. The van der Waals surface area contributed by atoms with Gasteiger partial charge in [0.05, 0.1) is 40.9 Å². The molecule has 10 heteroatoms. The van der Waals surface area contributed by atoms with Crippen LogP contribution in [0.5, 0.6) is 23.0 Å². The maximum Gasteiger partial charge on any atom is 0.240 e. The minimum absolute atomic E-state index is 0.198. The number of nitrogens with zero attached hydrogens (tertiary/aromatic N) is 2. The maximum absolute atomic E-state index is 12.0. The summed E-state index contributed by atoms with van der Waals surface area (Å²) in [5, 5.41) is 7.94. The van der Waals surface area contributed by atoms with Crippen LogP contribution in [0.2, 0.25) is 0 Å². The average molecular weight is 485 g/mol. The second kappa shape index (κ2) is 14.9. The number of benzene rings is 2. The van der Waals surface area contributed by atoms with E-state index in [1.807, 2.05) is 0 Å². The second-order valence-corrected chi connectivity index (χ2v) is 7.36. The first-order valence-electron chi connectivity index (χ1n) is 11.1. The number of carbonyl (C=O) groups excluding carboxylic acids is 2. The monoisotopic (exact) mass is 484 g/mol. The summed E-state index contributed by atoms with van der Waals surface area (Å²) in [6.45, 7) is 0. The summed E-state index contributed by atoms with van der Waals surface area (Å²) in [6, 6.07) is 10.6. The molecule has 0 fully saturated rings. The Balaban J connectivity index is 1.64. The Labute approximate surface area is 205 Å². The van der Waals surface area contributed by atoms with Crippen molar-refractivity contribution < 1.29 is 28.5 Å². The van der Waals surface area contributed by atoms with E-state index >= 15 is 0 Å². The molecule has 2 N–H and O–H groups in total. The Morgan fingerprint density at radius 3 is 1.49 bits per heavy atom. The van der Waals surface area contributed by atoms with Gasteiger partial charge in [-0.25, -0.2) is 10.9 Å². The van der Waals surface area contributed by atoms with Gasteiger partial charge in [-0.15, -0.1) is 0 Å². The summed E-state index contributed by atoms with van der Waals surface area (Å²) >= 11 is 0. The number of amides is 2. The number of hydrogen-bond acceptors (Lipinski definition) is 8. The smallest absolute Gasteiger partial charge is 0.240 e. The molecule has 0 spiro atoms. The lowest BCUT2D eigenvalue weighted by Crippen LogP contribution is -2.18. The number of methoxy groups -OCH3 is 4. The number of nitrogens with one attached hydrogen (secondary N) is 2. The molecule has 2 amide bonds. The number of hydrogen-bond donors (Lipinski definition) is 2. The van der Waals surface area contributed by atoms with Crippen molar-refractivity contribution in [3.8, 4) is 23.0 Å². The van der Waals surface area contributed by atoms with E-state index in [-0.39, 0.29) is 11.8 Å². The molecule has 0 atom stereocenters. The summed E-state index contributed by atoms with van der Waals surface area (Å²) in [5.41, 5.74) is 6.43. The fourth-order valence-corrected chi connectivity index (χ4v) is 3.06. The Morgan fingerprint density at radius 2 is 1.11 bits per heavy atom. The standard InChI is InChI=1S/C25H32N4O6/c1-32-20-12-10-18(22(14-20)34-3)16-26-28-24(30)8-6-5-7-9-25(31)29-27-17-19-11-13-21(33-2)15-23(19)35-4/h10-17H,5-9H2,1-4H3,(H,28,30)(H,29,31)/b26-16+,27-17+. The van der Waals surface area contributed by atoms with E-state index in [4.69, 9.17) is 18.9 Å². The molecule has 0 radical (unpaired) electrons. The van der Waals surface area contributed by atoms with Gasteiger partial charge in [-0.2, -0.15) is 10.2 Å². The molecule has 0 aliphatic heterocycles. The third kappa shape index (κ3) is 9.36. The highest BCUT2D eigenvalue weighted by molar-refractivity contribution is 5.86. The van der Waals surface area contributed by atoms with Crippen LogP contribution in [0.1, 0.15) is 43.2 Å². The first kappa shape index (κ1) is 27.2. The van der Waals surface area contributed by atoms with Gasteiger partial charge in [0.15, 0.2) is 0 Å². The summed E-state index contributed by atoms with van der Waals surface area (Å²) < 4.78 is 20.9. The second-order valence-electron chi connectivity index (χ2n) is 7.36. The van der Waals surface area contributed by atoms with E-state index < -0.39 is 0 Å². The molecule has 0 aliphatic rings. The minimum atomic E-state index is -0.198. The van der Waals surface area contributed by atoms with Crippen LogP contribution in [-0.2, 0) is 9.59 Å². The predicted octanol–water partition coefficient (Wildman–Crippen LogP) is 3.27. The number of carbonyl (C=O) groups is 2. The Hall–Kier alpha value is -4.08. The fraction of sp³-hybridized carbons (Fsp3) is 0.360. The average Bonchev–Trinajstić information content (AvgIpc) is 2.88. The van der Waals surface area contributed by atoms with Crippen molar-refractivity contribution in [2.24, 2.45) is 10.2 Å². The van der Waals surface area contributed by atoms with E-state index in [9.17, 15) is 9.59 Å². The van der Waals surface area contributed by atoms with Crippen LogP contribution in [-0.4, -0.2) is 52.7 Å². The first-order chi connectivity index (χ1) is 17.0. The molecule has 0 unspecified atom stereocenters. The molecule has 0 saturated heterocycles. The quantitative estimate of drug-likeness (QED) is 0.241. The highest BCUT2D eigenvalue weighted by atomic mass is 16.5. The van der Waals surface area contributed by atoms with E-state index in [1.165, 1.54) is 12.4 Å². The number of unbranched alkanes of at least 4 members (excludes halogenated alkanes) is 2. The van der Waals surface area contributed by atoms with Crippen LogP contribution in [0.25, 0.3) is 0 Å². The Kier molecular flexibility index (Phi) is 11.6. The largest absolute Gasteiger partial charge is 0.497 e. The zero-order valence-electron chi connectivity index (χ0n) is 20.5. The van der Waals surface area contributed by atoms with Crippen molar-refractivity contribution in [2.75, 3.05) is 28.4 Å². The minimum Gasteiger partial charge on any atom is -0.497 e. The van der Waals surface area contributed by atoms with E-state index in [2.05, 4.69) is 21.1 Å². The fourth-order valence-electron chi connectivity index (χ4n) is 3.06. The topological polar surface area (TPSA) is 120 Å². The zero-order valence-corrected chi connectivity index (χ0v) is 20.5. The lowest BCUT2D eigenvalue weighted by molar-refractivity contribution is -0.121. The molecule has 2 rings (SSSR count). The van der Waals surface area contributed by atoms with E-state index in [0.29, 0.717) is 59.8 Å². The van der Waals surface area contributed by atoms with Gasteiger partial charge in [0.1, 0.15) is 23.0 Å². The van der Waals surface area contributed by atoms with Crippen LogP contribution >= 0.6 is 0 Å². The summed E-state index contributed by atoms with van der Waals surface area (Å²) in [7, 11) is 6.25. The lowest BCUT2D eigenvalue weighted by atomic mass is 10.1. The van der Waals surface area contributed by atoms with Gasteiger partial charge in [-0.05, 0) is 37.1 Å². The number of hydrazone groups is 2. The van der Waals surface area contributed by atoms with E-state index in [0.717, 1.165) is 6.42 Å². The van der Waals surface area contributed by atoms with Gasteiger partial charge in [0.25, 0.3) is 0 Å². The number of rotatable bonds is 14. The SMILES string of the molecule is COc1ccc(/C=N/NC(=O)CCCCCC(=O)N/N=C/c2ccc(OC)cc2OC)c(OC)c1. The van der Waals surface area contributed by atoms with Gasteiger partial charge in [-0.3, -0.25) is 9.59 Å². The van der Waals surface area contributed by atoms with Gasteiger partial charge in [0, 0.05) is 36.1 Å². The molecule has 0 aliphatic carbocycles. The third-order valence-corrected chi connectivity index (χ3v) is 4.97. The molecule has 0 aromatic heterocycles. The van der Waals surface area contributed by atoms with Crippen molar-refractivity contribution in [3.05, 3.63) is 47.5 Å². The normalized spacial score (nSPS) is 10.9. The number of ether oxygens (including phenoxy) is 4. The van der Waals surface area contributed by atoms with Crippen LogP contribution in [0.15, 0.2) is 46.6 Å². The highest BCUT2D eigenvalue weighted by Gasteiger charge is 2.06. The molecular formula is C25H32N4O6. The molecule has 188 valence electrons. The van der Waals surface area contributed by atoms with Gasteiger partial charge in [-0.1, -0.05) is 6.42 Å². The summed E-state index contributed by atoms with van der Waals surface area (Å²) in [5.74, 6) is 2.12. The van der Waals surface area contributed by atoms with Crippen molar-refractivity contribution >= 4 is 24.2 Å². The molecule has 10 nitrogen and oxygen atoms in total. The van der Waals surface area contributed by atoms with Crippen LogP contribution in [0.3, 0.4) is 0 Å². The van der Waals surface area contributed by atoms with Crippen LogP contribution in [0.4, 0.5) is 0 Å². The molecule has 0 heterocycles. The molecule has 2 aromatic rings. The van der Waals surface area contributed by atoms with Gasteiger partial charge < -0.3 is 18.9 Å². The predicted molar refractivity (Wildman–Crippen MR) is 134 cm³/mol. The zero-order chi connectivity index (χ0) is 25.5. The van der Waals surface area contributed by atoms with Crippen LogP contribution < -0.4 is 29.8 Å². The Bertz CT molecular complexity index is 957. The molecule has 35 heavy (non-hydrogen) atoms. The Morgan fingerprint density at radius 1 is 0.686 bits per heavy atom. The molecule has 0 bridgehead atoms. The maximum atomic E-state index is 12.0. The molecule has 2 aromatic carbocycles. The van der Waals surface area contributed by atoms with Gasteiger partial charge >= 0.3 is 0 Å². The molecule has 0 saturated carbocycles. The van der Waals surface area contributed by atoms with Crippen molar-refractivity contribution in [1.29, 1.82) is 0 Å². The van der Waals surface area contributed by atoms with Crippen molar-refractivity contribution in [3.63, 3.8) is 0 Å². The highest BCUT2D eigenvalue weighted by Crippen LogP contribution is 2.23. The first-order valence-corrected chi connectivity index (χ1v) is 11.1. The summed E-state index contributed by atoms with van der Waals surface area (Å²) in [6.07, 6.45) is 5.68. The van der Waals surface area contributed by atoms with Crippen LogP contribution in [0, 0.1) is 0 Å². The van der Waals surface area contributed by atoms with Crippen molar-refractivity contribution in [1.82, 2.24) is 10.9 Å². The lowest BCUT2D eigenvalue weighted by Gasteiger charge is -2.07.